The molecule has 0 fully saturated rings. The van der Waals surface area contributed by atoms with Gasteiger partial charge in [0.1, 0.15) is 17.1 Å². The van der Waals surface area contributed by atoms with Crippen LogP contribution < -0.4 is 10.1 Å². The van der Waals surface area contributed by atoms with Crippen molar-refractivity contribution in [2.24, 2.45) is 0 Å². The summed E-state index contributed by atoms with van der Waals surface area (Å²) in [7, 11) is 0. The van der Waals surface area contributed by atoms with Gasteiger partial charge in [-0.2, -0.15) is 0 Å². The molecule has 6 aromatic rings. The van der Waals surface area contributed by atoms with Crippen molar-refractivity contribution in [1.82, 2.24) is 19.9 Å². The minimum Gasteiger partial charge on any atom is -0.453 e. The molecule has 0 radical (unpaired) electrons. The number of rotatable bonds is 9. The lowest BCUT2D eigenvalue weighted by atomic mass is 10.1. The third-order valence-electron chi connectivity index (χ3n) is 5.51. The first-order valence-corrected chi connectivity index (χ1v) is 14.2. The molecule has 0 saturated heterocycles. The van der Waals surface area contributed by atoms with Gasteiger partial charge in [-0.15, -0.1) is 22.7 Å². The largest absolute Gasteiger partial charge is 0.453 e. The van der Waals surface area contributed by atoms with Crippen LogP contribution in [0.1, 0.15) is 11.3 Å². The number of aryl methyl sites for hydroxylation is 2. The summed E-state index contributed by atoms with van der Waals surface area (Å²) in [5.74, 6) is 1.97. The quantitative estimate of drug-likeness (QED) is 0.187. The van der Waals surface area contributed by atoms with Crippen molar-refractivity contribution in [3.05, 3.63) is 107 Å². The summed E-state index contributed by atoms with van der Waals surface area (Å²) in [5.41, 5.74) is 3.31. The van der Waals surface area contributed by atoms with Crippen molar-refractivity contribution in [3.63, 3.8) is 0 Å². The first-order chi connectivity index (χ1) is 18.3. The molecule has 4 heterocycles. The number of benzene rings is 2. The average Bonchev–Trinajstić information content (AvgIpc) is 3.60. The van der Waals surface area contributed by atoms with E-state index in [4.69, 9.17) is 14.7 Å². The van der Waals surface area contributed by atoms with Crippen LogP contribution in [0, 0.1) is 0 Å². The van der Waals surface area contributed by atoms with Crippen molar-refractivity contribution in [1.29, 1.82) is 0 Å². The van der Waals surface area contributed by atoms with Crippen molar-refractivity contribution in [2.75, 3.05) is 5.32 Å². The van der Waals surface area contributed by atoms with Crippen molar-refractivity contribution in [2.45, 2.75) is 22.8 Å². The highest BCUT2D eigenvalue weighted by Crippen LogP contribution is 2.38. The molecule has 0 aliphatic carbocycles. The zero-order chi connectivity index (χ0) is 24.9. The maximum atomic E-state index is 6.25. The molecular formula is C28H21N5OS3. The molecule has 0 spiro atoms. The third-order valence-corrected chi connectivity index (χ3v) is 8.32. The van der Waals surface area contributed by atoms with Crippen LogP contribution in [0.4, 0.5) is 10.9 Å². The predicted octanol–water partition coefficient (Wildman–Crippen LogP) is 8.02. The van der Waals surface area contributed by atoms with Crippen molar-refractivity contribution < 1.29 is 4.74 Å². The Labute approximate surface area is 226 Å². The van der Waals surface area contributed by atoms with Gasteiger partial charge in [-0.25, -0.2) is 19.9 Å². The number of thiophene rings is 1. The van der Waals surface area contributed by atoms with Crippen LogP contribution in [0.15, 0.2) is 106 Å². The number of pyridine rings is 1. The summed E-state index contributed by atoms with van der Waals surface area (Å²) in [4.78, 5) is 19.2. The van der Waals surface area contributed by atoms with Crippen molar-refractivity contribution >= 4 is 55.6 Å². The van der Waals surface area contributed by atoms with E-state index < -0.39 is 0 Å². The fourth-order valence-electron chi connectivity index (χ4n) is 3.72. The average molecular weight is 540 g/mol. The van der Waals surface area contributed by atoms with Crippen molar-refractivity contribution in [3.8, 4) is 11.5 Å². The molecule has 0 aliphatic rings. The summed E-state index contributed by atoms with van der Waals surface area (Å²) in [5, 5.41) is 9.17. The maximum Gasteiger partial charge on any atom is 0.188 e. The molecule has 0 saturated carbocycles. The second kappa shape index (κ2) is 11.1. The Morgan fingerprint density at radius 3 is 2.57 bits per heavy atom. The number of hydrogen-bond donors (Lipinski definition) is 1. The smallest absolute Gasteiger partial charge is 0.188 e. The van der Waals surface area contributed by atoms with Gasteiger partial charge in [0.2, 0.25) is 0 Å². The summed E-state index contributed by atoms with van der Waals surface area (Å²) < 4.78 is 7.31. The minimum absolute atomic E-state index is 0.612. The van der Waals surface area contributed by atoms with E-state index in [0.29, 0.717) is 11.6 Å². The van der Waals surface area contributed by atoms with E-state index in [2.05, 4.69) is 44.9 Å². The monoisotopic (exact) mass is 539 g/mol. The second-order valence-corrected chi connectivity index (χ2v) is 10.9. The molecule has 0 unspecified atom stereocenters. The van der Waals surface area contributed by atoms with E-state index in [0.717, 1.165) is 49.6 Å². The van der Waals surface area contributed by atoms with Crippen LogP contribution in [0.2, 0.25) is 0 Å². The molecule has 6 nitrogen and oxygen atoms in total. The molecule has 37 heavy (non-hydrogen) atoms. The molecule has 6 rings (SSSR count). The Bertz CT molecular complexity index is 1620. The number of hydrogen-bond acceptors (Lipinski definition) is 9. The Kier molecular flexibility index (Phi) is 7.07. The highest BCUT2D eigenvalue weighted by Gasteiger charge is 2.14. The number of nitrogens with one attached hydrogen (secondary N) is 1. The molecule has 182 valence electrons. The van der Waals surface area contributed by atoms with E-state index in [-0.39, 0.29) is 0 Å². The number of fused-ring (bicyclic) bond motifs is 1. The van der Waals surface area contributed by atoms with E-state index in [1.54, 1.807) is 40.8 Å². The fraction of sp³-hybridized carbons (Fsp3) is 0.0714. The molecule has 0 amide bonds. The summed E-state index contributed by atoms with van der Waals surface area (Å²) in [6.45, 7) is 0. The second-order valence-electron chi connectivity index (χ2n) is 8.10. The standard InChI is InChI=1S/C28H21N5OS3/c1-3-7-19(8-4-1)11-12-20-17-36-28(32-20)33-26-24(34-21-9-5-2-6-10-21)15-22(16-29-26)37-27-25-23(13-14-35-25)30-18-31-27/h1-10,13-18H,11-12H2,(H,29,32,33). The molecular weight excluding hydrogens is 519 g/mol. The van der Waals surface area contributed by atoms with Crippen LogP contribution in [0.5, 0.6) is 11.5 Å². The maximum absolute atomic E-state index is 6.25. The topological polar surface area (TPSA) is 72.8 Å². The highest BCUT2D eigenvalue weighted by atomic mass is 32.2. The van der Waals surface area contributed by atoms with Gasteiger partial charge in [0.15, 0.2) is 16.7 Å². The summed E-state index contributed by atoms with van der Waals surface area (Å²) in [6, 6.07) is 24.2. The predicted molar refractivity (Wildman–Crippen MR) is 152 cm³/mol. The molecule has 2 aromatic carbocycles. The van der Waals surface area contributed by atoms with Gasteiger partial charge in [0.25, 0.3) is 0 Å². The van der Waals surface area contributed by atoms with Gasteiger partial charge < -0.3 is 10.1 Å². The molecule has 0 bridgehead atoms. The first kappa shape index (κ1) is 23.6. The lowest BCUT2D eigenvalue weighted by Crippen LogP contribution is -1.98. The Balaban J connectivity index is 1.24. The lowest BCUT2D eigenvalue weighted by molar-refractivity contribution is 0.481. The van der Waals surface area contributed by atoms with Crippen LogP contribution in [0.25, 0.3) is 10.2 Å². The Morgan fingerprint density at radius 1 is 0.865 bits per heavy atom. The zero-order valence-electron chi connectivity index (χ0n) is 19.6. The van der Waals surface area contributed by atoms with E-state index in [1.807, 2.05) is 60.1 Å². The first-order valence-electron chi connectivity index (χ1n) is 11.6. The van der Waals surface area contributed by atoms with E-state index >= 15 is 0 Å². The Morgan fingerprint density at radius 2 is 1.70 bits per heavy atom. The molecule has 0 aliphatic heterocycles. The normalized spacial score (nSPS) is 11.0. The van der Waals surface area contributed by atoms with Gasteiger partial charge in [-0.1, -0.05) is 60.3 Å². The number of para-hydroxylation sites is 1. The summed E-state index contributed by atoms with van der Waals surface area (Å²) >= 11 is 4.74. The van der Waals surface area contributed by atoms with Gasteiger partial charge in [0, 0.05) is 22.5 Å². The SMILES string of the molecule is c1ccc(CCc2csc(Nc3ncc(Sc4ncnc5ccsc45)cc3Oc3ccccc3)n2)cc1. The Hall–Kier alpha value is -3.79. The third kappa shape index (κ3) is 5.80. The van der Waals surface area contributed by atoms with Crippen LogP contribution >= 0.6 is 34.4 Å². The van der Waals surface area contributed by atoms with E-state index in [9.17, 15) is 0 Å². The van der Waals surface area contributed by atoms with Crippen LogP contribution in [-0.2, 0) is 12.8 Å². The van der Waals surface area contributed by atoms with E-state index in [1.165, 1.54) is 5.56 Å². The molecule has 1 N–H and O–H groups in total. The number of nitrogens with zero attached hydrogens (tertiary/aromatic N) is 4. The molecule has 9 heteroatoms. The number of anilines is 2. The minimum atomic E-state index is 0.612. The molecule has 0 atom stereocenters. The lowest BCUT2D eigenvalue weighted by Gasteiger charge is -2.12. The van der Waals surface area contributed by atoms with Crippen LogP contribution in [-0.4, -0.2) is 19.9 Å². The number of aromatic nitrogens is 4. The van der Waals surface area contributed by atoms with Crippen LogP contribution in [0.3, 0.4) is 0 Å². The van der Waals surface area contributed by atoms with Gasteiger partial charge in [-0.05, 0) is 42.0 Å². The van der Waals surface area contributed by atoms with Gasteiger partial charge >= 0.3 is 0 Å². The summed E-state index contributed by atoms with van der Waals surface area (Å²) in [6.07, 6.45) is 5.27. The fourth-order valence-corrected chi connectivity index (χ4v) is 6.25. The molecule has 4 aromatic heterocycles. The highest BCUT2D eigenvalue weighted by molar-refractivity contribution is 7.99. The number of thiazole rings is 1. The number of ether oxygens (including phenoxy) is 1. The van der Waals surface area contributed by atoms with Gasteiger partial charge in [-0.3, -0.25) is 0 Å². The zero-order valence-corrected chi connectivity index (χ0v) is 22.0. The van der Waals surface area contributed by atoms with Gasteiger partial charge in [0.05, 0.1) is 15.9 Å².